The van der Waals surface area contributed by atoms with Gasteiger partial charge in [0, 0.05) is 69.7 Å². The molecule has 3 aromatic rings. The van der Waals surface area contributed by atoms with Gasteiger partial charge in [-0.1, -0.05) is 26.0 Å². The second-order valence-corrected chi connectivity index (χ2v) is 9.47. The number of carbonyl (C=O) groups excluding carboxylic acids is 1. The van der Waals surface area contributed by atoms with E-state index in [-0.39, 0.29) is 24.8 Å². The molecule has 8 nitrogen and oxygen atoms in total. The van der Waals surface area contributed by atoms with Gasteiger partial charge in [-0.15, -0.1) is 0 Å². The maximum atomic E-state index is 14.6. The summed E-state index contributed by atoms with van der Waals surface area (Å²) < 4.78 is 14.6. The molecule has 5 rings (SSSR count). The molecule has 0 unspecified atom stereocenters. The van der Waals surface area contributed by atoms with Crippen LogP contribution in [-0.4, -0.2) is 73.6 Å². The first-order valence-electron chi connectivity index (χ1n) is 13.3. The summed E-state index contributed by atoms with van der Waals surface area (Å²) >= 11 is 0. The van der Waals surface area contributed by atoms with Gasteiger partial charge in [-0.25, -0.2) is 14.4 Å². The van der Waals surface area contributed by atoms with Crippen molar-refractivity contribution in [3.05, 3.63) is 65.6 Å². The number of nitrogens with two attached hydrogens (primary N) is 1. The molecule has 1 saturated heterocycles. The van der Waals surface area contributed by atoms with Crippen molar-refractivity contribution in [3.8, 4) is 11.4 Å². The third kappa shape index (κ3) is 5.95. The number of likely N-dealkylation sites (N-methyl/N-ethyl adjacent to an activating group) is 1. The van der Waals surface area contributed by atoms with Crippen LogP contribution in [-0.2, 0) is 11.3 Å². The van der Waals surface area contributed by atoms with E-state index in [1.165, 1.54) is 11.8 Å². The molecule has 0 atom stereocenters. The van der Waals surface area contributed by atoms with E-state index < -0.39 is 0 Å². The maximum Gasteiger partial charge on any atom is 0.246 e. The SMILES string of the molecule is CC.Cc1ccc(CN2CC(=O)N(C)c3cnc(-c4ccc(N5CCN(CCN)CC5)cc4)nc32)c(F)c1. The van der Waals surface area contributed by atoms with Gasteiger partial charge in [0.15, 0.2) is 11.6 Å². The number of benzene rings is 2. The zero-order chi connectivity index (χ0) is 27.2. The number of carbonyl (C=O) groups is 1. The first-order chi connectivity index (χ1) is 18.4. The zero-order valence-corrected chi connectivity index (χ0v) is 22.8. The van der Waals surface area contributed by atoms with Gasteiger partial charge < -0.3 is 20.4 Å². The van der Waals surface area contributed by atoms with Gasteiger partial charge in [-0.2, -0.15) is 0 Å². The Hall–Kier alpha value is -3.56. The summed E-state index contributed by atoms with van der Waals surface area (Å²) in [7, 11) is 1.72. The normalized spacial score (nSPS) is 15.7. The Kier molecular flexibility index (Phi) is 8.91. The Balaban J connectivity index is 0.00000164. The van der Waals surface area contributed by atoms with E-state index in [1.54, 1.807) is 24.2 Å². The highest BCUT2D eigenvalue weighted by molar-refractivity contribution is 6.01. The molecule has 38 heavy (non-hydrogen) atoms. The maximum absolute atomic E-state index is 14.6. The van der Waals surface area contributed by atoms with Crippen molar-refractivity contribution in [1.29, 1.82) is 0 Å². The summed E-state index contributed by atoms with van der Waals surface area (Å²) in [5.41, 5.74) is 9.76. The molecule has 1 fully saturated rings. The lowest BCUT2D eigenvalue weighted by Crippen LogP contribution is -2.47. The number of amides is 1. The summed E-state index contributed by atoms with van der Waals surface area (Å²) in [5.74, 6) is 0.839. The molecule has 2 aliphatic rings. The summed E-state index contributed by atoms with van der Waals surface area (Å²) in [6.45, 7) is 11.8. The molecule has 1 amide bonds. The highest BCUT2D eigenvalue weighted by atomic mass is 19.1. The third-order valence-corrected chi connectivity index (χ3v) is 6.99. The largest absolute Gasteiger partial charge is 0.369 e. The molecule has 0 aliphatic carbocycles. The molecular formula is C29H38FN7O. The highest BCUT2D eigenvalue weighted by Gasteiger charge is 2.29. The summed E-state index contributed by atoms with van der Waals surface area (Å²) in [6.07, 6.45) is 1.68. The fourth-order valence-corrected chi connectivity index (χ4v) is 4.80. The summed E-state index contributed by atoms with van der Waals surface area (Å²) in [5, 5.41) is 0. The number of piperazine rings is 1. The second kappa shape index (κ2) is 12.3. The minimum Gasteiger partial charge on any atom is -0.369 e. The number of hydrogen-bond acceptors (Lipinski definition) is 7. The van der Waals surface area contributed by atoms with Crippen LogP contribution in [0.25, 0.3) is 11.4 Å². The van der Waals surface area contributed by atoms with Crippen LogP contribution in [0.15, 0.2) is 48.7 Å². The van der Waals surface area contributed by atoms with E-state index in [9.17, 15) is 9.18 Å². The monoisotopic (exact) mass is 519 g/mol. The Morgan fingerprint density at radius 1 is 1.03 bits per heavy atom. The van der Waals surface area contributed by atoms with Gasteiger partial charge in [0.1, 0.15) is 11.5 Å². The van der Waals surface area contributed by atoms with Crippen LogP contribution in [0.3, 0.4) is 0 Å². The van der Waals surface area contributed by atoms with Crippen LogP contribution < -0.4 is 20.4 Å². The van der Waals surface area contributed by atoms with E-state index in [1.807, 2.05) is 43.9 Å². The van der Waals surface area contributed by atoms with E-state index in [0.717, 1.165) is 43.9 Å². The zero-order valence-electron chi connectivity index (χ0n) is 22.8. The first kappa shape index (κ1) is 27.5. The number of hydrogen-bond donors (Lipinski definition) is 1. The summed E-state index contributed by atoms with van der Waals surface area (Å²) in [4.78, 5) is 30.2. The molecule has 2 aromatic carbocycles. The number of aryl methyl sites for hydroxylation is 1. The molecule has 2 N–H and O–H groups in total. The predicted molar refractivity (Wildman–Crippen MR) is 152 cm³/mol. The lowest BCUT2D eigenvalue weighted by molar-refractivity contribution is -0.117. The summed E-state index contributed by atoms with van der Waals surface area (Å²) in [6, 6.07) is 13.4. The van der Waals surface area contributed by atoms with Crippen molar-refractivity contribution in [2.45, 2.75) is 27.3 Å². The van der Waals surface area contributed by atoms with Crippen LogP contribution in [0.2, 0.25) is 0 Å². The molecule has 9 heteroatoms. The number of aromatic nitrogens is 2. The lowest BCUT2D eigenvalue weighted by atomic mass is 10.1. The quantitative estimate of drug-likeness (QED) is 0.532. The fraction of sp³-hybridized carbons (Fsp3) is 0.414. The van der Waals surface area contributed by atoms with Crippen LogP contribution in [0.4, 0.5) is 21.6 Å². The molecule has 2 aliphatic heterocycles. The van der Waals surface area contributed by atoms with Crippen LogP contribution in [0, 0.1) is 12.7 Å². The Morgan fingerprint density at radius 2 is 1.74 bits per heavy atom. The Labute approximate surface area is 224 Å². The van der Waals surface area contributed by atoms with Crippen LogP contribution in [0.5, 0.6) is 0 Å². The molecule has 0 radical (unpaired) electrons. The number of fused-ring (bicyclic) bond motifs is 1. The average molecular weight is 520 g/mol. The van der Waals surface area contributed by atoms with Crippen molar-refractivity contribution in [2.24, 2.45) is 5.73 Å². The van der Waals surface area contributed by atoms with Gasteiger partial charge >= 0.3 is 0 Å². The van der Waals surface area contributed by atoms with Gasteiger partial charge in [0.2, 0.25) is 5.91 Å². The Morgan fingerprint density at radius 3 is 2.39 bits per heavy atom. The minimum absolute atomic E-state index is 0.0812. The molecule has 0 saturated carbocycles. The standard InChI is InChI=1S/C27H32FN7O.C2H6/c1-19-3-4-21(23(28)15-19)17-35-18-25(36)32(2)24-16-30-26(31-27(24)35)20-5-7-22(8-6-20)34-13-11-33(10-9-29)12-14-34;1-2/h3-8,15-16H,9-14,17-18,29H2,1-2H3;1-2H3. The van der Waals surface area contributed by atoms with E-state index >= 15 is 0 Å². The van der Waals surface area contributed by atoms with Gasteiger partial charge in [0.05, 0.1) is 12.7 Å². The molecule has 1 aromatic heterocycles. The lowest BCUT2D eigenvalue weighted by Gasteiger charge is -2.36. The third-order valence-electron chi connectivity index (χ3n) is 6.99. The Bertz CT molecular complexity index is 1240. The predicted octanol–water partition coefficient (Wildman–Crippen LogP) is 3.68. The van der Waals surface area contributed by atoms with E-state index in [2.05, 4.69) is 26.9 Å². The number of nitrogens with zero attached hydrogens (tertiary/aromatic N) is 6. The molecule has 0 bridgehead atoms. The molecule has 3 heterocycles. The van der Waals surface area contributed by atoms with Gasteiger partial charge in [-0.05, 0) is 42.8 Å². The van der Waals surface area contributed by atoms with E-state index in [0.29, 0.717) is 29.4 Å². The minimum atomic E-state index is -0.281. The van der Waals surface area contributed by atoms with Gasteiger partial charge in [0.25, 0.3) is 0 Å². The van der Waals surface area contributed by atoms with Crippen molar-refractivity contribution >= 4 is 23.1 Å². The molecule has 202 valence electrons. The van der Waals surface area contributed by atoms with Gasteiger partial charge in [-0.3, -0.25) is 9.69 Å². The second-order valence-electron chi connectivity index (χ2n) is 9.47. The van der Waals surface area contributed by atoms with Crippen molar-refractivity contribution < 1.29 is 9.18 Å². The smallest absolute Gasteiger partial charge is 0.246 e. The average Bonchev–Trinajstić information content (AvgIpc) is 2.94. The van der Waals surface area contributed by atoms with Crippen molar-refractivity contribution in [2.75, 3.05) is 67.6 Å². The first-order valence-corrected chi connectivity index (χ1v) is 13.3. The van der Waals surface area contributed by atoms with E-state index in [4.69, 9.17) is 10.7 Å². The highest BCUT2D eigenvalue weighted by Crippen LogP contribution is 2.34. The fourth-order valence-electron chi connectivity index (χ4n) is 4.80. The van der Waals surface area contributed by atoms with Crippen LogP contribution >= 0.6 is 0 Å². The topological polar surface area (TPSA) is 81.8 Å². The molecule has 0 spiro atoms. The van der Waals surface area contributed by atoms with Crippen LogP contribution in [0.1, 0.15) is 25.0 Å². The molecular weight excluding hydrogens is 481 g/mol. The number of rotatable bonds is 6. The number of anilines is 3. The van der Waals surface area contributed by atoms with Crippen molar-refractivity contribution in [1.82, 2.24) is 14.9 Å². The van der Waals surface area contributed by atoms with Crippen molar-refractivity contribution in [3.63, 3.8) is 0 Å². The number of halogens is 1.